The molecule has 0 aromatic heterocycles. The van der Waals surface area contributed by atoms with E-state index in [1.807, 2.05) is 0 Å². The number of carbonyl (C=O) groups is 1. The smallest absolute Gasteiger partial charge is 0.292 e. The molecule has 0 bridgehead atoms. The largest absolute Gasteiger partial charge is 0.348 e. The van der Waals surface area contributed by atoms with Crippen LogP contribution in [-0.4, -0.2) is 42.9 Å². The van der Waals surface area contributed by atoms with Crippen molar-refractivity contribution in [1.29, 1.82) is 0 Å². The van der Waals surface area contributed by atoms with Gasteiger partial charge in [0.05, 0.1) is 29.4 Å². The monoisotopic (exact) mass is 347 g/mol. The van der Waals surface area contributed by atoms with E-state index < -0.39 is 0 Å². The van der Waals surface area contributed by atoms with Crippen molar-refractivity contribution in [3.05, 3.63) is 39.0 Å². The van der Waals surface area contributed by atoms with Crippen LogP contribution >= 0.6 is 34.8 Å². The molecule has 1 aromatic rings. The molecule has 0 atom stereocenters. The van der Waals surface area contributed by atoms with Crippen LogP contribution in [0.15, 0.2) is 23.3 Å². The van der Waals surface area contributed by atoms with E-state index >= 15 is 0 Å². The predicted molar refractivity (Wildman–Crippen MR) is 84.8 cm³/mol. The second kappa shape index (κ2) is 6.66. The van der Waals surface area contributed by atoms with Gasteiger partial charge in [-0.15, -0.1) is 0 Å². The molecule has 112 valence electrons. The predicted octanol–water partition coefficient (Wildman–Crippen LogP) is 3.94. The third-order valence-corrected chi connectivity index (χ3v) is 3.86. The molecule has 1 aromatic carbocycles. The molecule has 0 N–H and O–H groups in total. The zero-order valence-corrected chi connectivity index (χ0v) is 13.6. The molecule has 0 aliphatic carbocycles. The van der Waals surface area contributed by atoms with E-state index in [0.717, 1.165) is 5.06 Å². The number of benzene rings is 1. The number of urea groups is 1. The summed E-state index contributed by atoms with van der Waals surface area (Å²) in [6.45, 7) is 0.335. The molecular weight excluding hydrogens is 337 g/mol. The lowest BCUT2D eigenvalue weighted by molar-refractivity contribution is -0.0720. The molecule has 0 saturated heterocycles. The summed E-state index contributed by atoms with van der Waals surface area (Å²) in [4.78, 5) is 22.6. The summed E-state index contributed by atoms with van der Waals surface area (Å²) in [5.41, 5.74) is 1.05. The molecule has 1 aliphatic rings. The van der Waals surface area contributed by atoms with E-state index in [0.29, 0.717) is 32.9 Å². The summed E-state index contributed by atoms with van der Waals surface area (Å²) < 4.78 is 0. The summed E-state index contributed by atoms with van der Waals surface area (Å²) >= 11 is 18.2. The molecule has 0 fully saturated rings. The molecule has 0 radical (unpaired) electrons. The first-order valence-electron chi connectivity index (χ1n) is 5.91. The van der Waals surface area contributed by atoms with Gasteiger partial charge in [0.2, 0.25) is 0 Å². The van der Waals surface area contributed by atoms with E-state index in [-0.39, 0.29) is 6.03 Å². The molecular formula is C13H12Cl3N3O2. The molecule has 5 nitrogen and oxygen atoms in total. The maximum absolute atomic E-state index is 12.1. The van der Waals surface area contributed by atoms with Crippen molar-refractivity contribution in [2.45, 2.75) is 0 Å². The van der Waals surface area contributed by atoms with Crippen LogP contribution in [0.3, 0.4) is 0 Å². The molecule has 0 saturated carbocycles. The number of hydrogen-bond acceptors (Lipinski definition) is 3. The van der Waals surface area contributed by atoms with E-state index in [9.17, 15) is 4.79 Å². The Morgan fingerprint density at radius 2 is 2.10 bits per heavy atom. The quantitative estimate of drug-likeness (QED) is 0.600. The van der Waals surface area contributed by atoms with Crippen LogP contribution in [0.5, 0.6) is 0 Å². The summed E-state index contributed by atoms with van der Waals surface area (Å²) in [5.74, 6) is 0. The molecule has 8 heteroatoms. The minimum Gasteiger partial charge on any atom is -0.292 e. The molecule has 0 unspecified atom stereocenters. The highest BCUT2D eigenvalue weighted by Gasteiger charge is 2.20. The summed E-state index contributed by atoms with van der Waals surface area (Å²) in [6, 6.07) is 2.86. The number of rotatable bonds is 2. The van der Waals surface area contributed by atoms with Crippen molar-refractivity contribution >= 4 is 52.7 Å². The van der Waals surface area contributed by atoms with Crippen molar-refractivity contribution in [3.8, 4) is 0 Å². The average Bonchev–Trinajstić information content (AvgIpc) is 2.49. The third kappa shape index (κ3) is 3.49. The fourth-order valence-corrected chi connectivity index (χ4v) is 2.43. The normalized spacial score (nSPS) is 14.1. The maximum Gasteiger partial charge on any atom is 0.348 e. The van der Waals surface area contributed by atoms with Crippen LogP contribution in [0, 0.1) is 0 Å². The van der Waals surface area contributed by atoms with E-state index in [1.165, 1.54) is 19.1 Å². The van der Waals surface area contributed by atoms with Gasteiger partial charge in [-0.1, -0.05) is 34.8 Å². The maximum atomic E-state index is 12.1. The minimum absolute atomic E-state index is 0.327. The Morgan fingerprint density at radius 3 is 2.76 bits per heavy atom. The zero-order chi connectivity index (χ0) is 15.6. The zero-order valence-electron chi connectivity index (χ0n) is 11.3. The molecule has 2 amide bonds. The van der Waals surface area contributed by atoms with E-state index in [4.69, 9.17) is 39.6 Å². The fraction of sp³-hybridized carbons (Fsp3) is 0.231. The van der Waals surface area contributed by atoms with Gasteiger partial charge in [-0.3, -0.25) is 14.7 Å². The standard InChI is InChI=1S/C13H12Cl3N3O2/c1-18(21-2)13(20)19-4-3-17-11(7-19)9-5-8(14)6-10(15)12(9)16/h3,5-7H,4H2,1-2H3. The Balaban J connectivity index is 2.38. The first-order chi connectivity index (χ1) is 9.93. The molecule has 1 heterocycles. The number of carbonyl (C=O) groups excluding carboxylic acids is 1. The molecule has 2 rings (SSSR count). The molecule has 1 aliphatic heterocycles. The number of hydroxylamine groups is 2. The Bertz CT molecular complexity index is 631. The highest BCUT2D eigenvalue weighted by atomic mass is 35.5. The van der Waals surface area contributed by atoms with Crippen molar-refractivity contribution in [2.75, 3.05) is 20.7 Å². The van der Waals surface area contributed by atoms with Crippen LogP contribution < -0.4 is 0 Å². The van der Waals surface area contributed by atoms with Crippen molar-refractivity contribution in [1.82, 2.24) is 9.96 Å². The topological polar surface area (TPSA) is 45.1 Å². The number of amides is 2. The molecule has 21 heavy (non-hydrogen) atoms. The number of halogens is 3. The van der Waals surface area contributed by atoms with Crippen LogP contribution in [0.4, 0.5) is 4.79 Å². The summed E-state index contributed by atoms with van der Waals surface area (Å²) in [5, 5.41) is 2.21. The SMILES string of the molecule is CON(C)C(=O)N1C=C(c2cc(Cl)cc(Cl)c2Cl)N=CC1. The third-order valence-electron chi connectivity index (χ3n) is 2.84. The van der Waals surface area contributed by atoms with Crippen LogP contribution in [0.1, 0.15) is 5.56 Å². The lowest BCUT2D eigenvalue weighted by Crippen LogP contribution is -2.39. The highest BCUT2D eigenvalue weighted by Crippen LogP contribution is 2.35. The van der Waals surface area contributed by atoms with Crippen molar-refractivity contribution < 1.29 is 9.63 Å². The van der Waals surface area contributed by atoms with Crippen LogP contribution in [0.25, 0.3) is 5.70 Å². The first-order valence-corrected chi connectivity index (χ1v) is 7.05. The van der Waals surface area contributed by atoms with Gasteiger partial charge in [0.25, 0.3) is 0 Å². The number of aliphatic imine (C=N–C) groups is 1. The van der Waals surface area contributed by atoms with Gasteiger partial charge < -0.3 is 0 Å². The average molecular weight is 349 g/mol. The number of nitrogens with zero attached hydrogens (tertiary/aromatic N) is 3. The number of hydrogen-bond donors (Lipinski definition) is 0. The van der Waals surface area contributed by atoms with Gasteiger partial charge in [0.1, 0.15) is 0 Å². The lowest BCUT2D eigenvalue weighted by atomic mass is 10.1. The summed E-state index contributed by atoms with van der Waals surface area (Å²) in [7, 11) is 2.93. The van der Waals surface area contributed by atoms with Gasteiger partial charge in [-0.2, -0.15) is 0 Å². The van der Waals surface area contributed by atoms with Crippen LogP contribution in [0.2, 0.25) is 15.1 Å². The van der Waals surface area contributed by atoms with Crippen molar-refractivity contribution in [2.24, 2.45) is 4.99 Å². The summed E-state index contributed by atoms with van der Waals surface area (Å²) in [6.07, 6.45) is 3.17. The van der Waals surface area contributed by atoms with Gasteiger partial charge in [0.15, 0.2) is 0 Å². The van der Waals surface area contributed by atoms with Gasteiger partial charge >= 0.3 is 6.03 Å². The van der Waals surface area contributed by atoms with Gasteiger partial charge in [-0.05, 0) is 12.1 Å². The van der Waals surface area contributed by atoms with Crippen LogP contribution in [-0.2, 0) is 4.84 Å². The Labute approximate surface area is 137 Å². The fourth-order valence-electron chi connectivity index (χ4n) is 1.73. The molecule has 0 spiro atoms. The second-order valence-electron chi connectivity index (χ2n) is 4.19. The Hall–Kier alpha value is -1.27. The van der Waals surface area contributed by atoms with Gasteiger partial charge in [0, 0.05) is 30.0 Å². The van der Waals surface area contributed by atoms with Gasteiger partial charge in [-0.25, -0.2) is 9.86 Å². The second-order valence-corrected chi connectivity index (χ2v) is 5.41. The lowest BCUT2D eigenvalue weighted by Gasteiger charge is -2.25. The van der Waals surface area contributed by atoms with E-state index in [1.54, 1.807) is 24.5 Å². The minimum atomic E-state index is -0.328. The first kappa shape index (κ1) is 16.1. The Kier molecular flexibility index (Phi) is 5.11. The van der Waals surface area contributed by atoms with E-state index in [2.05, 4.69) is 4.99 Å². The highest BCUT2D eigenvalue weighted by molar-refractivity contribution is 6.44. The van der Waals surface area contributed by atoms with Crippen molar-refractivity contribution in [3.63, 3.8) is 0 Å². The Morgan fingerprint density at radius 1 is 1.38 bits per heavy atom.